The van der Waals surface area contributed by atoms with Crippen molar-refractivity contribution in [2.24, 2.45) is 5.92 Å². The molecule has 0 spiro atoms. The number of methoxy groups -OCH3 is 2. The molecule has 1 unspecified atom stereocenters. The molecule has 1 aliphatic carbocycles. The molecule has 0 saturated heterocycles. The number of fused-ring (bicyclic) bond motifs is 1. The number of anilines is 2. The zero-order chi connectivity index (χ0) is 27.4. The Labute approximate surface area is 230 Å². The van der Waals surface area contributed by atoms with Gasteiger partial charge in [-0.25, -0.2) is 4.98 Å². The lowest BCUT2D eigenvalue weighted by atomic mass is 9.77. The monoisotopic (exact) mass is 527 g/mol. The van der Waals surface area contributed by atoms with E-state index in [0.717, 1.165) is 18.5 Å². The summed E-state index contributed by atoms with van der Waals surface area (Å²) in [6, 6.07) is 12.7. The van der Waals surface area contributed by atoms with E-state index in [4.69, 9.17) is 20.9 Å². The number of ketones is 1. The second-order valence-electron chi connectivity index (χ2n) is 10.4. The van der Waals surface area contributed by atoms with E-state index in [1.165, 1.54) is 43.2 Å². The highest BCUT2D eigenvalue weighted by molar-refractivity contribution is 6.07. The maximum absolute atomic E-state index is 13.7. The van der Waals surface area contributed by atoms with Crippen molar-refractivity contribution in [3.8, 4) is 11.5 Å². The van der Waals surface area contributed by atoms with Crippen LogP contribution in [0, 0.1) is 5.92 Å². The van der Waals surface area contributed by atoms with Gasteiger partial charge in [-0.3, -0.25) is 4.79 Å². The Hall–Kier alpha value is -4.07. The Morgan fingerprint density at radius 2 is 1.90 bits per heavy atom. The van der Waals surface area contributed by atoms with Gasteiger partial charge >= 0.3 is 0 Å². The summed E-state index contributed by atoms with van der Waals surface area (Å²) in [4.78, 5) is 24.1. The molecular formula is C31H37N5O3. The van der Waals surface area contributed by atoms with Gasteiger partial charge in [0.1, 0.15) is 5.82 Å². The number of carbonyl (C=O) groups is 1. The summed E-state index contributed by atoms with van der Waals surface area (Å²) in [5.74, 6) is 1.76. The van der Waals surface area contributed by atoms with Gasteiger partial charge in [-0.1, -0.05) is 43.5 Å². The Bertz CT molecular complexity index is 1370. The van der Waals surface area contributed by atoms with Crippen molar-refractivity contribution in [2.45, 2.75) is 51.0 Å². The molecule has 8 nitrogen and oxygen atoms in total. The number of nitrogens with two attached hydrogens (primary N) is 2. The average molecular weight is 528 g/mol. The minimum absolute atomic E-state index is 0.122. The second kappa shape index (κ2) is 11.8. The van der Waals surface area contributed by atoms with Gasteiger partial charge in [-0.2, -0.15) is 4.98 Å². The molecule has 8 heteroatoms. The second-order valence-corrected chi connectivity index (χ2v) is 10.4. The maximum atomic E-state index is 13.7. The fourth-order valence-corrected chi connectivity index (χ4v) is 6.11. The number of ether oxygens (including phenoxy) is 2. The number of rotatable bonds is 8. The topological polar surface area (TPSA) is 117 Å². The van der Waals surface area contributed by atoms with Crippen LogP contribution in [0.25, 0.3) is 0 Å². The molecule has 4 N–H and O–H groups in total. The van der Waals surface area contributed by atoms with Crippen LogP contribution in [-0.2, 0) is 12.8 Å². The predicted molar refractivity (Wildman–Crippen MR) is 153 cm³/mol. The van der Waals surface area contributed by atoms with Crippen molar-refractivity contribution in [1.29, 1.82) is 0 Å². The summed E-state index contributed by atoms with van der Waals surface area (Å²) in [5.41, 5.74) is 16.5. The van der Waals surface area contributed by atoms with Crippen LogP contribution in [0.2, 0.25) is 0 Å². The Balaban J connectivity index is 1.45. The van der Waals surface area contributed by atoms with Gasteiger partial charge in [0.2, 0.25) is 5.95 Å². The zero-order valence-corrected chi connectivity index (χ0v) is 22.7. The van der Waals surface area contributed by atoms with Crippen molar-refractivity contribution in [2.75, 3.05) is 32.2 Å². The maximum Gasteiger partial charge on any atom is 0.221 e. The van der Waals surface area contributed by atoms with Crippen molar-refractivity contribution < 1.29 is 14.3 Å². The van der Waals surface area contributed by atoms with Crippen molar-refractivity contribution in [3.63, 3.8) is 0 Å². The predicted octanol–water partition coefficient (Wildman–Crippen LogP) is 5.13. The fourth-order valence-electron chi connectivity index (χ4n) is 6.11. The molecule has 0 radical (unpaired) electrons. The van der Waals surface area contributed by atoms with Crippen LogP contribution >= 0.6 is 0 Å². The molecule has 1 aromatic heterocycles. The molecule has 2 heterocycles. The van der Waals surface area contributed by atoms with Gasteiger partial charge < -0.3 is 25.8 Å². The number of benzene rings is 2. The fraction of sp³-hybridized carbons (Fsp3) is 0.387. The quantitative estimate of drug-likeness (QED) is 0.306. The number of allylic oxidation sites excluding steroid dienone is 1. The summed E-state index contributed by atoms with van der Waals surface area (Å²) < 4.78 is 11.2. The molecule has 2 aliphatic rings. The van der Waals surface area contributed by atoms with Crippen LogP contribution < -0.4 is 20.9 Å². The molecule has 1 saturated carbocycles. The Morgan fingerprint density at radius 1 is 1.10 bits per heavy atom. The first-order chi connectivity index (χ1) is 19.0. The normalized spacial score (nSPS) is 17.7. The van der Waals surface area contributed by atoms with E-state index in [0.29, 0.717) is 40.8 Å². The van der Waals surface area contributed by atoms with E-state index in [1.54, 1.807) is 26.5 Å². The highest BCUT2D eigenvalue weighted by Crippen LogP contribution is 2.42. The molecular weight excluding hydrogens is 490 g/mol. The van der Waals surface area contributed by atoms with E-state index >= 15 is 0 Å². The number of nitrogen functional groups attached to an aromatic ring is 2. The molecule has 3 aromatic rings. The average Bonchev–Trinajstić information content (AvgIpc) is 2.96. The third-order valence-electron chi connectivity index (χ3n) is 8.00. The lowest BCUT2D eigenvalue weighted by Crippen LogP contribution is -2.36. The van der Waals surface area contributed by atoms with E-state index < -0.39 is 0 Å². The van der Waals surface area contributed by atoms with Crippen LogP contribution in [-0.4, -0.2) is 41.4 Å². The SMILES string of the molecule is COc1cc(Cc2cnc(N)nc2N)cc(C(=O)/C=C/N2CCc3ccccc3C2C2CCCCC2)c1OC. The molecule has 1 atom stereocenters. The summed E-state index contributed by atoms with van der Waals surface area (Å²) >= 11 is 0. The molecule has 1 fully saturated rings. The first-order valence-corrected chi connectivity index (χ1v) is 13.7. The molecule has 204 valence electrons. The summed E-state index contributed by atoms with van der Waals surface area (Å²) in [6.07, 6.45) is 13.0. The molecule has 5 rings (SSSR count). The van der Waals surface area contributed by atoms with Crippen LogP contribution in [0.1, 0.15) is 70.8 Å². The number of hydrogen-bond donors (Lipinski definition) is 2. The first-order valence-electron chi connectivity index (χ1n) is 13.7. The van der Waals surface area contributed by atoms with Crippen molar-refractivity contribution in [3.05, 3.63) is 82.7 Å². The van der Waals surface area contributed by atoms with Crippen LogP contribution in [0.5, 0.6) is 11.5 Å². The lowest BCUT2D eigenvalue weighted by Gasteiger charge is -2.42. The number of nitrogens with zero attached hydrogens (tertiary/aromatic N) is 3. The van der Waals surface area contributed by atoms with Crippen molar-refractivity contribution in [1.82, 2.24) is 14.9 Å². The standard InChI is InChI=1S/C31H37N5O3/c1-38-27-18-20(16-23-19-34-31(33)35-30(23)32)17-25(29(27)39-2)26(37)13-15-36-14-12-21-8-6-7-11-24(21)28(36)22-9-4-3-5-10-22/h6-8,11,13,15,17-19,22,28H,3-5,9-10,12,14,16H2,1-2H3,(H4,32,33,34,35)/b15-13+. The van der Waals surface area contributed by atoms with Gasteiger partial charge in [-0.15, -0.1) is 0 Å². The highest BCUT2D eigenvalue weighted by atomic mass is 16.5. The first kappa shape index (κ1) is 26.5. The van der Waals surface area contributed by atoms with E-state index in [9.17, 15) is 4.79 Å². The Morgan fingerprint density at radius 3 is 2.64 bits per heavy atom. The molecule has 0 bridgehead atoms. The third kappa shape index (κ3) is 5.70. The molecule has 0 amide bonds. The molecule has 39 heavy (non-hydrogen) atoms. The van der Waals surface area contributed by atoms with Crippen LogP contribution in [0.4, 0.5) is 11.8 Å². The van der Waals surface area contributed by atoms with Gasteiger partial charge in [-0.05, 0) is 54.0 Å². The number of hydrogen-bond acceptors (Lipinski definition) is 8. The van der Waals surface area contributed by atoms with E-state index in [-0.39, 0.29) is 17.8 Å². The highest BCUT2D eigenvalue weighted by Gasteiger charge is 2.33. The minimum atomic E-state index is -0.144. The lowest BCUT2D eigenvalue weighted by molar-refractivity contribution is 0.103. The van der Waals surface area contributed by atoms with Crippen molar-refractivity contribution >= 4 is 17.5 Å². The van der Waals surface area contributed by atoms with Crippen LogP contribution in [0.3, 0.4) is 0 Å². The summed E-state index contributed by atoms with van der Waals surface area (Å²) in [7, 11) is 3.11. The molecule has 2 aromatic carbocycles. The Kier molecular flexibility index (Phi) is 8.00. The molecule has 1 aliphatic heterocycles. The summed E-state index contributed by atoms with van der Waals surface area (Å²) in [6.45, 7) is 0.888. The van der Waals surface area contributed by atoms with Gasteiger partial charge in [0, 0.05) is 37.0 Å². The third-order valence-corrected chi connectivity index (χ3v) is 8.00. The van der Waals surface area contributed by atoms with E-state index in [2.05, 4.69) is 39.1 Å². The van der Waals surface area contributed by atoms with Crippen LogP contribution in [0.15, 0.2) is 54.9 Å². The largest absolute Gasteiger partial charge is 0.493 e. The van der Waals surface area contributed by atoms with Gasteiger partial charge in [0.05, 0.1) is 25.8 Å². The number of aromatic nitrogens is 2. The summed E-state index contributed by atoms with van der Waals surface area (Å²) in [5, 5.41) is 0. The zero-order valence-electron chi connectivity index (χ0n) is 22.7. The minimum Gasteiger partial charge on any atom is -0.493 e. The number of carbonyl (C=O) groups excluding carboxylic acids is 1. The smallest absolute Gasteiger partial charge is 0.221 e. The van der Waals surface area contributed by atoms with Gasteiger partial charge in [0.25, 0.3) is 0 Å². The van der Waals surface area contributed by atoms with Gasteiger partial charge in [0.15, 0.2) is 17.3 Å². The van der Waals surface area contributed by atoms with E-state index in [1.807, 2.05) is 18.3 Å².